The maximum absolute atomic E-state index is 12.2. The van der Waals surface area contributed by atoms with Crippen LogP contribution >= 0.6 is 11.3 Å². The van der Waals surface area contributed by atoms with Gasteiger partial charge in [0.2, 0.25) is 0 Å². The van der Waals surface area contributed by atoms with Crippen LogP contribution in [-0.2, 0) is 17.8 Å². The number of amides is 2. The van der Waals surface area contributed by atoms with Gasteiger partial charge in [-0.1, -0.05) is 6.92 Å². The SMILES string of the molecule is CCc1nc(CNC(=O)c2ccc(OCC(N)=O)c(OC)c2)cs1. The summed E-state index contributed by atoms with van der Waals surface area (Å²) in [6.07, 6.45) is 0.878. The smallest absolute Gasteiger partial charge is 0.255 e. The zero-order chi connectivity index (χ0) is 17.5. The zero-order valence-electron chi connectivity index (χ0n) is 13.5. The lowest BCUT2D eigenvalue weighted by molar-refractivity contribution is -0.119. The Labute approximate surface area is 143 Å². The van der Waals surface area contributed by atoms with Crippen molar-refractivity contribution >= 4 is 23.2 Å². The Hall–Kier alpha value is -2.61. The normalized spacial score (nSPS) is 10.2. The van der Waals surface area contributed by atoms with Crippen LogP contribution in [0.25, 0.3) is 0 Å². The van der Waals surface area contributed by atoms with E-state index in [4.69, 9.17) is 15.2 Å². The van der Waals surface area contributed by atoms with E-state index in [0.29, 0.717) is 23.6 Å². The van der Waals surface area contributed by atoms with Gasteiger partial charge in [0, 0.05) is 10.9 Å². The monoisotopic (exact) mass is 349 g/mol. The second-order valence-corrected chi connectivity index (χ2v) is 5.83. The molecule has 2 amide bonds. The van der Waals surface area contributed by atoms with Gasteiger partial charge < -0.3 is 20.5 Å². The number of thiazole rings is 1. The lowest BCUT2D eigenvalue weighted by Crippen LogP contribution is -2.23. The number of aromatic nitrogens is 1. The summed E-state index contributed by atoms with van der Waals surface area (Å²) in [7, 11) is 1.45. The first-order valence-electron chi connectivity index (χ1n) is 7.34. The zero-order valence-corrected chi connectivity index (χ0v) is 14.3. The molecule has 0 aliphatic carbocycles. The quantitative estimate of drug-likeness (QED) is 0.752. The van der Waals surface area contributed by atoms with Crippen LogP contribution in [0.5, 0.6) is 11.5 Å². The average Bonchev–Trinajstić information content (AvgIpc) is 3.05. The summed E-state index contributed by atoms with van der Waals surface area (Å²) in [5.74, 6) is -0.139. The van der Waals surface area contributed by atoms with Crippen LogP contribution in [0.1, 0.15) is 28.0 Å². The van der Waals surface area contributed by atoms with E-state index in [0.717, 1.165) is 17.1 Å². The van der Waals surface area contributed by atoms with E-state index in [1.807, 2.05) is 12.3 Å². The average molecular weight is 349 g/mol. The molecule has 1 heterocycles. The van der Waals surface area contributed by atoms with Crippen molar-refractivity contribution in [3.05, 3.63) is 39.8 Å². The molecule has 7 nitrogen and oxygen atoms in total. The van der Waals surface area contributed by atoms with Crippen molar-refractivity contribution in [2.24, 2.45) is 5.73 Å². The molecule has 1 aromatic carbocycles. The van der Waals surface area contributed by atoms with E-state index >= 15 is 0 Å². The number of hydrogen-bond donors (Lipinski definition) is 2. The number of ether oxygens (including phenoxy) is 2. The highest BCUT2D eigenvalue weighted by molar-refractivity contribution is 7.09. The third kappa shape index (κ3) is 4.69. The number of aryl methyl sites for hydroxylation is 1. The molecule has 0 aliphatic heterocycles. The van der Waals surface area contributed by atoms with Crippen LogP contribution in [0.4, 0.5) is 0 Å². The summed E-state index contributed by atoms with van der Waals surface area (Å²) in [5.41, 5.74) is 6.30. The molecule has 1 aromatic heterocycles. The molecule has 0 radical (unpaired) electrons. The summed E-state index contributed by atoms with van der Waals surface area (Å²) >= 11 is 1.58. The second-order valence-electron chi connectivity index (χ2n) is 4.89. The molecule has 8 heteroatoms. The first-order chi connectivity index (χ1) is 11.5. The van der Waals surface area contributed by atoms with E-state index in [-0.39, 0.29) is 12.5 Å². The van der Waals surface area contributed by atoms with Crippen molar-refractivity contribution in [3.63, 3.8) is 0 Å². The van der Waals surface area contributed by atoms with Crippen LogP contribution in [-0.4, -0.2) is 30.5 Å². The van der Waals surface area contributed by atoms with Crippen molar-refractivity contribution in [2.45, 2.75) is 19.9 Å². The van der Waals surface area contributed by atoms with Crippen molar-refractivity contribution in [2.75, 3.05) is 13.7 Å². The number of hydrogen-bond acceptors (Lipinski definition) is 6. The van der Waals surface area contributed by atoms with Crippen molar-refractivity contribution in [1.82, 2.24) is 10.3 Å². The Balaban J connectivity index is 2.01. The number of carbonyl (C=O) groups excluding carboxylic acids is 2. The minimum atomic E-state index is -0.589. The predicted molar refractivity (Wildman–Crippen MR) is 90.3 cm³/mol. The molecule has 128 valence electrons. The van der Waals surface area contributed by atoms with Crippen molar-refractivity contribution in [3.8, 4) is 11.5 Å². The fourth-order valence-corrected chi connectivity index (χ4v) is 2.69. The largest absolute Gasteiger partial charge is 0.493 e. The molecular weight excluding hydrogens is 330 g/mol. The van der Waals surface area contributed by atoms with E-state index in [9.17, 15) is 9.59 Å². The predicted octanol–water partition coefficient (Wildman–Crippen LogP) is 1.51. The fraction of sp³-hybridized carbons (Fsp3) is 0.312. The number of nitrogens with two attached hydrogens (primary N) is 1. The molecular formula is C16H19N3O4S. The number of nitrogens with zero attached hydrogens (tertiary/aromatic N) is 1. The van der Waals surface area contributed by atoms with Gasteiger partial charge in [0.05, 0.1) is 24.4 Å². The molecule has 0 bridgehead atoms. The number of nitrogens with one attached hydrogen (secondary N) is 1. The Bertz CT molecular complexity index is 730. The lowest BCUT2D eigenvalue weighted by atomic mass is 10.2. The first kappa shape index (κ1) is 17.7. The Morgan fingerprint density at radius 2 is 2.12 bits per heavy atom. The number of carbonyl (C=O) groups is 2. The highest BCUT2D eigenvalue weighted by Crippen LogP contribution is 2.28. The highest BCUT2D eigenvalue weighted by atomic mass is 32.1. The van der Waals surface area contributed by atoms with Gasteiger partial charge >= 0.3 is 0 Å². The molecule has 0 aliphatic rings. The third-order valence-corrected chi connectivity index (χ3v) is 4.17. The van der Waals surface area contributed by atoms with E-state index < -0.39 is 5.91 Å². The molecule has 0 fully saturated rings. The van der Waals surface area contributed by atoms with Gasteiger partial charge in [0.1, 0.15) is 0 Å². The van der Waals surface area contributed by atoms with Crippen LogP contribution in [0.15, 0.2) is 23.6 Å². The second kappa shape index (κ2) is 8.30. The maximum Gasteiger partial charge on any atom is 0.255 e. The van der Waals surface area contributed by atoms with E-state index in [1.165, 1.54) is 7.11 Å². The number of methoxy groups -OCH3 is 1. The number of rotatable bonds is 8. The molecule has 2 aromatic rings. The van der Waals surface area contributed by atoms with E-state index in [1.54, 1.807) is 29.5 Å². The Morgan fingerprint density at radius 3 is 2.75 bits per heavy atom. The third-order valence-electron chi connectivity index (χ3n) is 3.13. The Kier molecular flexibility index (Phi) is 6.14. The highest BCUT2D eigenvalue weighted by Gasteiger charge is 2.12. The summed E-state index contributed by atoms with van der Waals surface area (Å²) < 4.78 is 10.4. The summed E-state index contributed by atoms with van der Waals surface area (Å²) in [6.45, 7) is 2.14. The van der Waals surface area contributed by atoms with Gasteiger partial charge in [0.15, 0.2) is 18.1 Å². The molecule has 0 atom stereocenters. The standard InChI is InChI=1S/C16H19N3O4S/c1-3-15-19-11(9-24-15)7-18-16(21)10-4-5-12(13(6-10)22-2)23-8-14(17)20/h4-6,9H,3,7-8H2,1-2H3,(H2,17,20)(H,18,21). The van der Waals surface area contributed by atoms with Gasteiger partial charge in [0.25, 0.3) is 11.8 Å². The number of primary amides is 1. The van der Waals surface area contributed by atoms with Crippen molar-refractivity contribution < 1.29 is 19.1 Å². The first-order valence-corrected chi connectivity index (χ1v) is 8.22. The van der Waals surface area contributed by atoms with Crippen molar-refractivity contribution in [1.29, 1.82) is 0 Å². The molecule has 24 heavy (non-hydrogen) atoms. The molecule has 0 unspecified atom stereocenters. The lowest BCUT2D eigenvalue weighted by Gasteiger charge is -2.11. The maximum atomic E-state index is 12.2. The summed E-state index contributed by atoms with van der Waals surface area (Å²) in [4.78, 5) is 27.4. The minimum Gasteiger partial charge on any atom is -0.493 e. The van der Waals surface area contributed by atoms with Gasteiger partial charge in [-0.2, -0.15) is 0 Å². The molecule has 3 N–H and O–H groups in total. The molecule has 0 spiro atoms. The van der Waals surface area contributed by atoms with Gasteiger partial charge in [-0.05, 0) is 24.6 Å². The molecule has 2 rings (SSSR count). The minimum absolute atomic E-state index is 0.249. The molecule has 0 saturated carbocycles. The fourth-order valence-electron chi connectivity index (χ4n) is 1.94. The Morgan fingerprint density at radius 1 is 1.33 bits per heavy atom. The van der Waals surface area contributed by atoms with Crippen LogP contribution in [0.3, 0.4) is 0 Å². The van der Waals surface area contributed by atoms with Crippen LogP contribution in [0.2, 0.25) is 0 Å². The van der Waals surface area contributed by atoms with Crippen LogP contribution < -0.4 is 20.5 Å². The number of benzene rings is 1. The van der Waals surface area contributed by atoms with Crippen LogP contribution in [0, 0.1) is 0 Å². The van der Waals surface area contributed by atoms with Gasteiger partial charge in [-0.15, -0.1) is 11.3 Å². The van der Waals surface area contributed by atoms with Gasteiger partial charge in [-0.3, -0.25) is 9.59 Å². The van der Waals surface area contributed by atoms with E-state index in [2.05, 4.69) is 10.3 Å². The summed E-state index contributed by atoms with van der Waals surface area (Å²) in [5, 5.41) is 5.78. The topological polar surface area (TPSA) is 104 Å². The molecule has 0 saturated heterocycles. The summed E-state index contributed by atoms with van der Waals surface area (Å²) in [6, 6.07) is 4.70. The van der Waals surface area contributed by atoms with Gasteiger partial charge in [-0.25, -0.2) is 4.98 Å².